The van der Waals surface area contributed by atoms with Gasteiger partial charge in [-0.1, -0.05) is 30.3 Å². The molecule has 1 N–H and O–H groups in total. The highest BCUT2D eigenvalue weighted by atomic mass is 19.1. The minimum Gasteiger partial charge on any atom is -0.497 e. The molecule has 0 saturated heterocycles. The van der Waals surface area contributed by atoms with Gasteiger partial charge in [0.25, 0.3) is 5.91 Å². The van der Waals surface area contributed by atoms with Crippen LogP contribution in [-0.2, 0) is 0 Å². The first-order valence-corrected chi connectivity index (χ1v) is 8.91. The van der Waals surface area contributed by atoms with Crippen LogP contribution in [0, 0.1) is 5.82 Å². The Morgan fingerprint density at radius 3 is 2.48 bits per heavy atom. The number of anilines is 1. The van der Waals surface area contributed by atoms with Gasteiger partial charge in [0.2, 0.25) is 5.55 Å². The van der Waals surface area contributed by atoms with Gasteiger partial charge in [0.15, 0.2) is 0 Å². The van der Waals surface area contributed by atoms with Crippen LogP contribution < -0.4 is 15.6 Å². The van der Waals surface area contributed by atoms with Crippen molar-refractivity contribution in [3.05, 3.63) is 95.8 Å². The van der Waals surface area contributed by atoms with Crippen LogP contribution in [0.3, 0.4) is 0 Å². The highest BCUT2D eigenvalue weighted by Gasteiger charge is 2.14. The van der Waals surface area contributed by atoms with Crippen LogP contribution in [0.4, 0.5) is 15.8 Å². The van der Waals surface area contributed by atoms with Gasteiger partial charge in [-0.15, -0.1) is 0 Å². The van der Waals surface area contributed by atoms with Crippen molar-refractivity contribution in [3.63, 3.8) is 0 Å². The number of nitrogens with zero attached hydrogens (tertiary/aromatic N) is 1. The molecule has 29 heavy (non-hydrogen) atoms. The lowest BCUT2D eigenvalue weighted by Gasteiger charge is -2.08. The molecule has 144 valence electrons. The van der Waals surface area contributed by atoms with Crippen molar-refractivity contribution in [1.29, 1.82) is 0 Å². The summed E-state index contributed by atoms with van der Waals surface area (Å²) in [6.45, 7) is 0. The van der Waals surface area contributed by atoms with Gasteiger partial charge in [-0.2, -0.15) is 0 Å². The van der Waals surface area contributed by atoms with Crippen molar-refractivity contribution in [2.75, 3.05) is 12.4 Å². The van der Waals surface area contributed by atoms with Gasteiger partial charge in [0, 0.05) is 11.1 Å². The lowest BCUT2D eigenvalue weighted by Crippen LogP contribution is -2.21. The Hall–Kier alpha value is -3.93. The van der Waals surface area contributed by atoms with Crippen LogP contribution >= 0.6 is 0 Å². The van der Waals surface area contributed by atoms with E-state index in [9.17, 15) is 9.18 Å². The van der Waals surface area contributed by atoms with Crippen LogP contribution in [0.2, 0.25) is 0 Å². The van der Waals surface area contributed by atoms with Crippen molar-refractivity contribution in [2.45, 2.75) is 0 Å². The third-order valence-corrected chi connectivity index (χ3v) is 4.32. The molecular formula is C23H17FN2O3. The number of ether oxygens (including phenoxy) is 1. The fourth-order valence-electron chi connectivity index (χ4n) is 2.84. The van der Waals surface area contributed by atoms with Gasteiger partial charge in [0.1, 0.15) is 28.4 Å². The first-order chi connectivity index (χ1) is 14.1. The van der Waals surface area contributed by atoms with Gasteiger partial charge in [-0.05, 0) is 48.5 Å². The average molecular weight is 388 g/mol. The molecule has 4 rings (SSSR count). The summed E-state index contributed by atoms with van der Waals surface area (Å²) in [5.41, 5.74) is 1.44. The van der Waals surface area contributed by atoms with E-state index in [1.54, 1.807) is 55.6 Å². The molecule has 0 bridgehead atoms. The number of carbonyl (C=O) groups excluding carboxylic acids is 1. The summed E-state index contributed by atoms with van der Waals surface area (Å²) < 4.78 is 25.1. The molecule has 6 heteroatoms. The van der Waals surface area contributed by atoms with E-state index in [1.165, 1.54) is 12.1 Å². The second-order valence-electron chi connectivity index (χ2n) is 6.25. The summed E-state index contributed by atoms with van der Waals surface area (Å²) in [6, 6.07) is 21.9. The Balaban J connectivity index is 1.81. The normalized spacial score (nSPS) is 11.4. The lowest BCUT2D eigenvalue weighted by molar-refractivity contribution is 0.102. The Morgan fingerprint density at radius 2 is 1.72 bits per heavy atom. The monoisotopic (exact) mass is 388 g/mol. The summed E-state index contributed by atoms with van der Waals surface area (Å²) in [7, 11) is 1.57. The van der Waals surface area contributed by atoms with Crippen molar-refractivity contribution in [1.82, 2.24) is 0 Å². The number of nitrogens with one attached hydrogen (secondary N) is 1. The van der Waals surface area contributed by atoms with Gasteiger partial charge in [-0.25, -0.2) is 9.38 Å². The molecule has 0 saturated carbocycles. The number of para-hydroxylation sites is 2. The lowest BCUT2D eigenvalue weighted by atomic mass is 10.1. The van der Waals surface area contributed by atoms with E-state index in [2.05, 4.69) is 10.3 Å². The zero-order valence-corrected chi connectivity index (χ0v) is 15.6. The number of fused-ring (bicyclic) bond motifs is 1. The number of benzene rings is 3. The molecule has 4 aromatic rings. The van der Waals surface area contributed by atoms with Gasteiger partial charge >= 0.3 is 0 Å². The zero-order valence-electron chi connectivity index (χ0n) is 15.6. The average Bonchev–Trinajstić information content (AvgIpc) is 2.75. The van der Waals surface area contributed by atoms with Gasteiger partial charge < -0.3 is 14.5 Å². The molecule has 0 unspecified atom stereocenters. The number of amides is 1. The number of rotatable bonds is 4. The predicted octanol–water partition coefficient (Wildman–Crippen LogP) is 5.07. The molecule has 0 aliphatic rings. The fraction of sp³-hybridized carbons (Fsp3) is 0.0435. The number of halogens is 1. The largest absolute Gasteiger partial charge is 0.497 e. The van der Waals surface area contributed by atoms with E-state index in [4.69, 9.17) is 9.15 Å². The van der Waals surface area contributed by atoms with Crippen molar-refractivity contribution >= 4 is 28.3 Å². The maximum absolute atomic E-state index is 14.1. The summed E-state index contributed by atoms with van der Waals surface area (Å²) in [6.07, 6.45) is 0. The van der Waals surface area contributed by atoms with E-state index in [1.807, 2.05) is 18.2 Å². The molecule has 0 fully saturated rings. The van der Waals surface area contributed by atoms with Crippen molar-refractivity contribution in [3.8, 4) is 5.75 Å². The summed E-state index contributed by atoms with van der Waals surface area (Å²) >= 11 is 0. The quantitative estimate of drug-likeness (QED) is 0.531. The van der Waals surface area contributed by atoms with Crippen LogP contribution in [0.15, 0.2) is 88.3 Å². The molecule has 5 nitrogen and oxygen atoms in total. The Bertz CT molecular complexity index is 1250. The van der Waals surface area contributed by atoms with E-state index in [0.29, 0.717) is 17.0 Å². The second kappa shape index (κ2) is 7.98. The minimum absolute atomic E-state index is 0.0276. The van der Waals surface area contributed by atoms with Gasteiger partial charge in [-0.3, -0.25) is 4.79 Å². The molecule has 1 aromatic heterocycles. The standard InChI is InChI=1S/C23H17FN2O3/c1-28-17-12-10-16(11-13-17)25-22(27)18-14-15-6-2-5-9-21(15)29-23(18)26-20-8-4-3-7-19(20)24/h2-14H,1H3,(H,25,27). The highest BCUT2D eigenvalue weighted by Crippen LogP contribution is 2.19. The number of carbonyl (C=O) groups is 1. The Morgan fingerprint density at radius 1 is 1.00 bits per heavy atom. The Kier molecular flexibility index (Phi) is 5.07. The van der Waals surface area contributed by atoms with E-state index in [0.717, 1.165) is 5.39 Å². The second-order valence-corrected chi connectivity index (χ2v) is 6.25. The minimum atomic E-state index is -0.502. The van der Waals surface area contributed by atoms with E-state index < -0.39 is 11.7 Å². The van der Waals surface area contributed by atoms with Crippen LogP contribution in [0.1, 0.15) is 10.4 Å². The first-order valence-electron chi connectivity index (χ1n) is 8.91. The molecule has 1 heterocycles. The zero-order chi connectivity index (χ0) is 20.2. The van der Waals surface area contributed by atoms with Crippen molar-refractivity contribution in [2.24, 2.45) is 4.99 Å². The topological polar surface area (TPSA) is 63.8 Å². The SMILES string of the molecule is COc1ccc(NC(=O)c2cc3ccccc3oc2=Nc2ccccc2F)cc1. The van der Waals surface area contributed by atoms with Crippen LogP contribution in [0.25, 0.3) is 11.0 Å². The van der Waals surface area contributed by atoms with Gasteiger partial charge in [0.05, 0.1) is 7.11 Å². The number of hydrogen-bond donors (Lipinski definition) is 1. The third kappa shape index (κ3) is 4.01. The highest BCUT2D eigenvalue weighted by molar-refractivity contribution is 6.05. The van der Waals surface area contributed by atoms with E-state index in [-0.39, 0.29) is 16.8 Å². The molecule has 3 aromatic carbocycles. The summed E-state index contributed by atoms with van der Waals surface area (Å²) in [5.74, 6) is -0.240. The molecule has 0 spiro atoms. The summed E-state index contributed by atoms with van der Waals surface area (Å²) in [5, 5.41) is 3.54. The molecule has 0 aliphatic heterocycles. The maximum Gasteiger partial charge on any atom is 0.261 e. The van der Waals surface area contributed by atoms with Crippen molar-refractivity contribution < 1.29 is 18.3 Å². The molecule has 0 radical (unpaired) electrons. The van der Waals surface area contributed by atoms with E-state index >= 15 is 0 Å². The smallest absolute Gasteiger partial charge is 0.261 e. The molecular weight excluding hydrogens is 371 g/mol. The maximum atomic E-state index is 14.1. The predicted molar refractivity (Wildman–Crippen MR) is 109 cm³/mol. The molecule has 1 amide bonds. The number of hydrogen-bond acceptors (Lipinski definition) is 4. The molecule has 0 atom stereocenters. The molecule has 0 aliphatic carbocycles. The number of methoxy groups -OCH3 is 1. The third-order valence-electron chi connectivity index (χ3n) is 4.32. The fourth-order valence-corrected chi connectivity index (χ4v) is 2.84. The van der Waals surface area contributed by atoms with Crippen LogP contribution in [-0.4, -0.2) is 13.0 Å². The summed E-state index contributed by atoms with van der Waals surface area (Å²) in [4.78, 5) is 17.2. The first kappa shape index (κ1) is 18.4. The Labute approximate surface area is 166 Å². The van der Waals surface area contributed by atoms with Crippen LogP contribution in [0.5, 0.6) is 5.75 Å².